The molecule has 176 valence electrons. The Balaban J connectivity index is 1.59. The summed E-state index contributed by atoms with van der Waals surface area (Å²) in [6.45, 7) is 0.323. The average Bonchev–Trinajstić information content (AvgIpc) is 3.48. The number of aromatic nitrogens is 3. The third kappa shape index (κ3) is 4.53. The van der Waals surface area contributed by atoms with Crippen molar-refractivity contribution in [2.24, 2.45) is 0 Å². The van der Waals surface area contributed by atoms with Gasteiger partial charge in [-0.25, -0.2) is 4.98 Å². The van der Waals surface area contributed by atoms with Gasteiger partial charge in [0.05, 0.1) is 24.2 Å². The predicted octanol–water partition coefficient (Wildman–Crippen LogP) is 5.01. The predicted molar refractivity (Wildman–Crippen MR) is 137 cm³/mol. The van der Waals surface area contributed by atoms with Gasteiger partial charge in [0.15, 0.2) is 32.0 Å². The Hall–Kier alpha value is -3.67. The van der Waals surface area contributed by atoms with Gasteiger partial charge in [0.1, 0.15) is 10.5 Å². The maximum absolute atomic E-state index is 13.6. The summed E-state index contributed by atoms with van der Waals surface area (Å²) in [4.78, 5) is 31.2. The number of furan rings is 1. The number of ketones is 1. The summed E-state index contributed by atoms with van der Waals surface area (Å²) in [6.07, 6.45) is 1.57. The SMILES string of the molecule is O=C(CSc1nc2c(sc(=S)n2Cc2ccco2)c(=O)n1-c1ccccc1)c1ccc(O)c(O)c1. The summed E-state index contributed by atoms with van der Waals surface area (Å²) in [5.41, 5.74) is 0.985. The molecule has 35 heavy (non-hydrogen) atoms. The molecule has 2 aromatic carbocycles. The van der Waals surface area contributed by atoms with Crippen LogP contribution in [0.3, 0.4) is 0 Å². The van der Waals surface area contributed by atoms with Crippen molar-refractivity contribution >= 4 is 51.4 Å². The minimum absolute atomic E-state index is 0.0436. The Morgan fingerprint density at radius 1 is 1.09 bits per heavy atom. The van der Waals surface area contributed by atoms with Crippen LogP contribution in [0, 0.1) is 3.95 Å². The molecule has 0 amide bonds. The first-order chi connectivity index (χ1) is 16.9. The number of hydrogen-bond donors (Lipinski definition) is 2. The zero-order valence-electron chi connectivity index (χ0n) is 18.0. The molecule has 8 nitrogen and oxygen atoms in total. The van der Waals surface area contributed by atoms with Crippen LogP contribution in [-0.4, -0.2) is 35.9 Å². The first kappa shape index (κ1) is 23.1. The molecule has 5 rings (SSSR count). The van der Waals surface area contributed by atoms with E-state index in [1.807, 2.05) is 24.3 Å². The Morgan fingerprint density at radius 3 is 2.60 bits per heavy atom. The smallest absolute Gasteiger partial charge is 0.278 e. The van der Waals surface area contributed by atoms with Gasteiger partial charge in [-0.05, 0) is 54.7 Å². The molecule has 0 unspecified atom stereocenters. The highest BCUT2D eigenvalue weighted by Gasteiger charge is 2.20. The Bertz CT molecular complexity index is 1650. The third-order valence-corrected chi connectivity index (χ3v) is 7.56. The summed E-state index contributed by atoms with van der Waals surface area (Å²) in [7, 11) is 0. The maximum Gasteiger partial charge on any atom is 0.278 e. The molecule has 0 atom stereocenters. The van der Waals surface area contributed by atoms with Crippen molar-refractivity contribution in [2.45, 2.75) is 11.7 Å². The van der Waals surface area contributed by atoms with Crippen molar-refractivity contribution in [2.75, 3.05) is 5.75 Å². The lowest BCUT2D eigenvalue weighted by atomic mass is 10.1. The number of carbonyl (C=O) groups excluding carboxylic acids is 1. The van der Waals surface area contributed by atoms with E-state index in [1.165, 1.54) is 34.1 Å². The second-order valence-corrected chi connectivity index (χ2v) is 10.1. The van der Waals surface area contributed by atoms with E-state index in [1.54, 1.807) is 29.0 Å². The van der Waals surface area contributed by atoms with Crippen LogP contribution < -0.4 is 5.56 Å². The number of benzene rings is 2. The normalized spacial score (nSPS) is 11.2. The van der Waals surface area contributed by atoms with Gasteiger partial charge in [-0.15, -0.1) is 0 Å². The number of phenolic OH excluding ortho intramolecular Hbond substituents is 2. The third-order valence-electron chi connectivity index (χ3n) is 5.20. The number of para-hydroxylation sites is 1. The van der Waals surface area contributed by atoms with Gasteiger partial charge < -0.3 is 14.6 Å². The van der Waals surface area contributed by atoms with Gasteiger partial charge in [0.25, 0.3) is 5.56 Å². The molecule has 11 heteroatoms. The molecule has 0 radical (unpaired) electrons. The highest BCUT2D eigenvalue weighted by atomic mass is 32.2. The number of thiazole rings is 1. The number of phenols is 2. The van der Waals surface area contributed by atoms with Crippen LogP contribution in [-0.2, 0) is 6.54 Å². The van der Waals surface area contributed by atoms with Gasteiger partial charge in [-0.3, -0.25) is 18.7 Å². The molecule has 0 fully saturated rings. The van der Waals surface area contributed by atoms with E-state index in [0.29, 0.717) is 37.5 Å². The number of rotatable bonds is 7. The average molecular weight is 524 g/mol. The summed E-state index contributed by atoms with van der Waals surface area (Å²) >= 11 is 7.81. The summed E-state index contributed by atoms with van der Waals surface area (Å²) in [5.74, 6) is -0.351. The van der Waals surface area contributed by atoms with Gasteiger partial charge in [0.2, 0.25) is 0 Å². The van der Waals surface area contributed by atoms with Crippen LogP contribution in [0.5, 0.6) is 11.5 Å². The van der Waals surface area contributed by atoms with Crippen molar-refractivity contribution in [3.05, 3.63) is 92.6 Å². The minimum atomic E-state index is -0.378. The molecule has 0 aliphatic heterocycles. The second kappa shape index (κ2) is 9.53. The maximum atomic E-state index is 13.6. The number of aromatic hydroxyl groups is 2. The van der Waals surface area contributed by atoms with E-state index in [4.69, 9.17) is 21.6 Å². The molecule has 3 heterocycles. The number of nitrogens with zero attached hydrogens (tertiary/aromatic N) is 3. The molecular formula is C24H17N3O5S3. The van der Waals surface area contributed by atoms with Crippen LogP contribution in [0.2, 0.25) is 0 Å². The molecule has 0 spiro atoms. The van der Waals surface area contributed by atoms with Crippen molar-refractivity contribution in [3.8, 4) is 17.2 Å². The van der Waals surface area contributed by atoms with E-state index in [0.717, 1.165) is 11.8 Å². The van der Waals surface area contributed by atoms with Crippen molar-refractivity contribution < 1.29 is 19.4 Å². The molecular weight excluding hydrogens is 506 g/mol. The summed E-state index contributed by atoms with van der Waals surface area (Å²) in [5, 5.41) is 19.6. The van der Waals surface area contributed by atoms with Crippen LogP contribution in [0.4, 0.5) is 0 Å². The zero-order chi connectivity index (χ0) is 24.5. The van der Waals surface area contributed by atoms with Crippen LogP contribution in [0.25, 0.3) is 16.0 Å². The van der Waals surface area contributed by atoms with Crippen molar-refractivity contribution in [3.63, 3.8) is 0 Å². The molecule has 5 aromatic rings. The first-order valence-electron chi connectivity index (χ1n) is 10.3. The van der Waals surface area contributed by atoms with Crippen LogP contribution in [0.1, 0.15) is 16.1 Å². The fourth-order valence-corrected chi connectivity index (χ4v) is 5.64. The van der Waals surface area contributed by atoms with Crippen LogP contribution >= 0.6 is 35.3 Å². The molecule has 0 aliphatic rings. The second-order valence-electron chi connectivity index (χ2n) is 7.47. The Kier molecular flexibility index (Phi) is 6.29. The largest absolute Gasteiger partial charge is 0.504 e. The monoisotopic (exact) mass is 523 g/mol. The number of Topliss-reactive ketones (excluding diaryl/α,β-unsaturated/α-hetero) is 1. The van der Waals surface area contributed by atoms with Gasteiger partial charge >= 0.3 is 0 Å². The molecule has 3 aromatic heterocycles. The quantitative estimate of drug-likeness (QED) is 0.101. The van der Waals surface area contributed by atoms with Crippen LogP contribution in [0.15, 0.2) is 81.3 Å². The standard InChI is InChI=1S/C24H17N3O5S3/c28-17-9-8-14(11-18(17)29)19(30)13-34-23-25-21-20(22(31)27(23)15-5-2-1-3-6-15)35-24(33)26(21)12-16-7-4-10-32-16/h1-11,28-29H,12-13H2. The van der Waals surface area contributed by atoms with Gasteiger partial charge in [-0.1, -0.05) is 41.3 Å². The fraction of sp³-hybridized carbons (Fsp3) is 0.0833. The molecule has 0 saturated heterocycles. The van der Waals surface area contributed by atoms with E-state index in [-0.39, 0.29) is 34.2 Å². The summed E-state index contributed by atoms with van der Waals surface area (Å²) < 4.78 is 9.55. The summed E-state index contributed by atoms with van der Waals surface area (Å²) in [6, 6.07) is 16.5. The minimum Gasteiger partial charge on any atom is -0.504 e. The Labute approximate surface area is 211 Å². The zero-order valence-corrected chi connectivity index (χ0v) is 20.4. The highest BCUT2D eigenvalue weighted by molar-refractivity contribution is 7.99. The lowest BCUT2D eigenvalue weighted by Crippen LogP contribution is -2.22. The Morgan fingerprint density at radius 2 is 1.89 bits per heavy atom. The number of carbonyl (C=O) groups is 1. The lowest BCUT2D eigenvalue weighted by Gasteiger charge is -2.12. The molecule has 0 bridgehead atoms. The van der Waals surface area contributed by atoms with Gasteiger partial charge in [-0.2, -0.15) is 0 Å². The topological polar surface area (TPSA) is 110 Å². The molecule has 2 N–H and O–H groups in total. The van der Waals surface area contributed by atoms with Gasteiger partial charge in [0, 0.05) is 5.56 Å². The first-order valence-corrected chi connectivity index (χ1v) is 12.6. The number of thioether (sulfide) groups is 1. The molecule has 0 saturated carbocycles. The fourth-order valence-electron chi connectivity index (χ4n) is 3.49. The number of fused-ring (bicyclic) bond motifs is 1. The van der Waals surface area contributed by atoms with Crippen molar-refractivity contribution in [1.82, 2.24) is 14.1 Å². The lowest BCUT2D eigenvalue weighted by molar-refractivity contribution is 0.102. The highest BCUT2D eigenvalue weighted by Crippen LogP contribution is 2.28. The molecule has 0 aliphatic carbocycles. The van der Waals surface area contributed by atoms with E-state index >= 15 is 0 Å². The van der Waals surface area contributed by atoms with E-state index < -0.39 is 0 Å². The van der Waals surface area contributed by atoms with Crippen molar-refractivity contribution in [1.29, 1.82) is 0 Å². The number of hydrogen-bond acceptors (Lipinski definition) is 9. The van der Waals surface area contributed by atoms with E-state index in [2.05, 4.69) is 0 Å². The van der Waals surface area contributed by atoms with E-state index in [9.17, 15) is 19.8 Å².